The van der Waals surface area contributed by atoms with Gasteiger partial charge in [-0.05, 0) is 39.3 Å². The number of aromatic nitrogens is 4. The number of likely N-dealkylation sites (tertiary alicyclic amines) is 1. The summed E-state index contributed by atoms with van der Waals surface area (Å²) in [5.74, 6) is 1.05. The first-order chi connectivity index (χ1) is 12.4. The zero-order valence-electron chi connectivity index (χ0n) is 15.4. The van der Waals surface area contributed by atoms with Gasteiger partial charge in [-0.15, -0.1) is 0 Å². The average Bonchev–Trinajstić information content (AvgIpc) is 2.84. The van der Waals surface area contributed by atoms with E-state index < -0.39 is 5.69 Å². The maximum absolute atomic E-state index is 12.7. The predicted molar refractivity (Wildman–Crippen MR) is 93.6 cm³/mol. The molecule has 0 aliphatic carbocycles. The van der Waals surface area contributed by atoms with Crippen LogP contribution in [0, 0.1) is 13.8 Å². The van der Waals surface area contributed by atoms with Crippen molar-refractivity contribution in [1.82, 2.24) is 29.9 Å². The van der Waals surface area contributed by atoms with Gasteiger partial charge in [0.05, 0.1) is 6.54 Å². The molecule has 9 nitrogen and oxygen atoms in total. The lowest BCUT2D eigenvalue weighted by atomic mass is 10.1. The molecule has 2 aromatic heterocycles. The molecule has 2 aromatic rings. The first kappa shape index (κ1) is 18.2. The minimum Gasteiger partial charge on any atom is -0.340 e. The molecule has 0 unspecified atom stereocenters. The van der Waals surface area contributed by atoms with Gasteiger partial charge in [0.25, 0.3) is 5.91 Å². The van der Waals surface area contributed by atoms with Gasteiger partial charge in [-0.25, -0.2) is 4.79 Å². The van der Waals surface area contributed by atoms with E-state index in [-0.39, 0.29) is 11.6 Å². The third kappa shape index (κ3) is 4.34. The van der Waals surface area contributed by atoms with Crippen LogP contribution in [0.25, 0.3) is 0 Å². The monoisotopic (exact) mass is 360 g/mol. The third-order valence-corrected chi connectivity index (χ3v) is 4.67. The number of aryl methyl sites for hydroxylation is 2. The summed E-state index contributed by atoms with van der Waals surface area (Å²) in [5.41, 5.74) is 0.354. The average molecular weight is 360 g/mol. The van der Waals surface area contributed by atoms with Crippen LogP contribution in [-0.4, -0.2) is 62.0 Å². The van der Waals surface area contributed by atoms with Crippen molar-refractivity contribution in [3.63, 3.8) is 0 Å². The van der Waals surface area contributed by atoms with Crippen molar-refractivity contribution in [1.29, 1.82) is 0 Å². The van der Waals surface area contributed by atoms with E-state index >= 15 is 0 Å². The van der Waals surface area contributed by atoms with Gasteiger partial charge in [-0.3, -0.25) is 9.69 Å². The molecule has 3 heterocycles. The molecule has 1 saturated heterocycles. The summed E-state index contributed by atoms with van der Waals surface area (Å²) in [6.45, 7) is 5.43. The van der Waals surface area contributed by atoms with Crippen molar-refractivity contribution in [3.8, 4) is 0 Å². The lowest BCUT2D eigenvalue weighted by Crippen LogP contribution is -2.36. The Morgan fingerprint density at radius 3 is 2.85 bits per heavy atom. The van der Waals surface area contributed by atoms with E-state index in [1.807, 2.05) is 7.05 Å². The number of amides is 1. The van der Waals surface area contributed by atoms with Crippen LogP contribution in [0.1, 0.15) is 47.2 Å². The molecule has 0 saturated carbocycles. The highest BCUT2D eigenvalue weighted by Crippen LogP contribution is 2.18. The van der Waals surface area contributed by atoms with E-state index in [4.69, 9.17) is 4.52 Å². The Labute approximate surface area is 151 Å². The maximum Gasteiger partial charge on any atom is 0.345 e. The predicted octanol–water partition coefficient (Wildman–Crippen LogP) is 0.896. The summed E-state index contributed by atoms with van der Waals surface area (Å²) in [7, 11) is 2.04. The first-order valence-electron chi connectivity index (χ1n) is 8.79. The quantitative estimate of drug-likeness (QED) is 0.863. The van der Waals surface area contributed by atoms with Crippen molar-refractivity contribution >= 4 is 5.91 Å². The summed E-state index contributed by atoms with van der Waals surface area (Å²) < 4.78 is 5.02. The minimum atomic E-state index is -0.490. The van der Waals surface area contributed by atoms with Crippen molar-refractivity contribution in [3.05, 3.63) is 39.7 Å². The topological polar surface area (TPSA) is 108 Å². The highest BCUT2D eigenvalue weighted by atomic mass is 16.5. The third-order valence-electron chi connectivity index (χ3n) is 4.67. The number of hydrogen-bond acceptors (Lipinski definition) is 7. The molecular weight excluding hydrogens is 336 g/mol. The minimum absolute atomic E-state index is 0.184. The van der Waals surface area contributed by atoms with E-state index in [1.54, 1.807) is 24.8 Å². The number of aromatic amines is 1. The molecule has 0 aromatic carbocycles. The van der Waals surface area contributed by atoms with E-state index in [2.05, 4.69) is 25.0 Å². The number of H-pyrrole nitrogens is 1. The van der Waals surface area contributed by atoms with Crippen LogP contribution in [0.2, 0.25) is 0 Å². The summed E-state index contributed by atoms with van der Waals surface area (Å²) in [6.07, 6.45) is 2.73. The Bertz CT molecular complexity index is 830. The molecule has 1 fully saturated rings. The van der Waals surface area contributed by atoms with Crippen molar-refractivity contribution < 1.29 is 9.32 Å². The van der Waals surface area contributed by atoms with Crippen molar-refractivity contribution in [2.45, 2.75) is 45.7 Å². The van der Waals surface area contributed by atoms with Gasteiger partial charge in [0.2, 0.25) is 5.89 Å². The van der Waals surface area contributed by atoms with Crippen LogP contribution in [0.3, 0.4) is 0 Å². The van der Waals surface area contributed by atoms with Crippen LogP contribution >= 0.6 is 0 Å². The molecule has 0 bridgehead atoms. The normalized spacial score (nSPS) is 18.2. The number of hydrogen-bond donors (Lipinski definition) is 1. The lowest BCUT2D eigenvalue weighted by molar-refractivity contribution is 0.0750. The Kier molecular flexibility index (Phi) is 5.46. The molecule has 1 atom stereocenters. The van der Waals surface area contributed by atoms with Crippen LogP contribution < -0.4 is 5.69 Å². The molecule has 1 amide bonds. The SMILES string of the molecule is Cc1cc(C(=O)N2CCC[C@H](N(C)Cc3noc(C)n3)CC2)nc(=O)[nH]1. The van der Waals surface area contributed by atoms with Crippen molar-refractivity contribution in [2.24, 2.45) is 0 Å². The lowest BCUT2D eigenvalue weighted by Gasteiger charge is -2.26. The fraction of sp³-hybridized carbons (Fsp3) is 0.588. The molecule has 26 heavy (non-hydrogen) atoms. The highest BCUT2D eigenvalue weighted by Gasteiger charge is 2.25. The Hall–Kier alpha value is -2.55. The van der Waals surface area contributed by atoms with E-state index in [9.17, 15) is 9.59 Å². The largest absolute Gasteiger partial charge is 0.345 e. The number of nitrogens with one attached hydrogen (secondary N) is 1. The molecule has 140 valence electrons. The summed E-state index contributed by atoms with van der Waals surface area (Å²) in [5, 5.41) is 3.94. The standard InChI is InChI=1S/C17H24N6O3/c1-11-9-14(20-17(25)18-11)16(24)23-7-4-5-13(6-8-23)22(3)10-15-19-12(2)26-21-15/h9,13H,4-8,10H2,1-3H3,(H,18,20,25)/t13-/m0/s1. The maximum atomic E-state index is 12.7. The zero-order chi connectivity index (χ0) is 18.7. The van der Waals surface area contributed by atoms with E-state index in [1.165, 1.54) is 0 Å². The summed E-state index contributed by atoms with van der Waals surface area (Å²) in [4.78, 5) is 38.8. The van der Waals surface area contributed by atoms with Gasteiger partial charge in [-0.1, -0.05) is 5.16 Å². The van der Waals surface area contributed by atoms with Gasteiger partial charge in [0.15, 0.2) is 5.82 Å². The van der Waals surface area contributed by atoms with Crippen molar-refractivity contribution in [2.75, 3.05) is 20.1 Å². The second-order valence-electron chi connectivity index (χ2n) is 6.78. The molecule has 1 aliphatic rings. The number of carbonyl (C=O) groups is 1. The van der Waals surface area contributed by atoms with Gasteiger partial charge >= 0.3 is 5.69 Å². The second-order valence-corrected chi connectivity index (χ2v) is 6.78. The van der Waals surface area contributed by atoms with E-state index in [0.717, 1.165) is 19.3 Å². The molecule has 9 heteroatoms. The van der Waals surface area contributed by atoms with Crippen LogP contribution in [0.5, 0.6) is 0 Å². The number of rotatable bonds is 4. The first-order valence-corrected chi connectivity index (χ1v) is 8.79. The van der Waals surface area contributed by atoms with Gasteiger partial charge < -0.3 is 14.4 Å². The fourth-order valence-corrected chi connectivity index (χ4v) is 3.33. The van der Waals surface area contributed by atoms with Gasteiger partial charge in [0, 0.05) is 31.7 Å². The van der Waals surface area contributed by atoms with E-state index in [0.29, 0.717) is 43.1 Å². The highest BCUT2D eigenvalue weighted by molar-refractivity contribution is 5.92. The second kappa shape index (κ2) is 7.77. The summed E-state index contributed by atoms with van der Waals surface area (Å²) in [6, 6.07) is 1.96. The Morgan fingerprint density at radius 2 is 2.15 bits per heavy atom. The van der Waals surface area contributed by atoms with Gasteiger partial charge in [-0.2, -0.15) is 9.97 Å². The Balaban J connectivity index is 1.62. The molecule has 1 aliphatic heterocycles. The molecule has 3 rings (SSSR count). The molecule has 0 radical (unpaired) electrons. The molecule has 0 spiro atoms. The van der Waals surface area contributed by atoms with Gasteiger partial charge in [0.1, 0.15) is 5.69 Å². The van der Waals surface area contributed by atoms with Crippen LogP contribution in [0.15, 0.2) is 15.4 Å². The summed E-state index contributed by atoms with van der Waals surface area (Å²) >= 11 is 0. The van der Waals surface area contributed by atoms with Crippen LogP contribution in [-0.2, 0) is 6.54 Å². The fourth-order valence-electron chi connectivity index (χ4n) is 3.33. The zero-order valence-corrected chi connectivity index (χ0v) is 15.4. The number of carbonyl (C=O) groups excluding carboxylic acids is 1. The smallest absolute Gasteiger partial charge is 0.340 e. The van der Waals surface area contributed by atoms with Crippen LogP contribution in [0.4, 0.5) is 0 Å². The number of nitrogens with zero attached hydrogens (tertiary/aromatic N) is 5. The molecular formula is C17H24N6O3. The molecule has 1 N–H and O–H groups in total. The Morgan fingerprint density at radius 1 is 1.35 bits per heavy atom.